The highest BCUT2D eigenvalue weighted by atomic mass is 14.8. The fraction of sp³-hybridized carbons (Fsp3) is 0.308. The van der Waals surface area contributed by atoms with Gasteiger partial charge in [0, 0.05) is 36.3 Å². The largest absolute Gasteiger partial charge is 0.388 e. The van der Waals surface area contributed by atoms with Crippen LogP contribution < -0.4 is 10.6 Å². The summed E-state index contributed by atoms with van der Waals surface area (Å²) in [5.41, 5.74) is 7.46. The smallest absolute Gasteiger partial charge is 0.0337 e. The second-order valence-corrected chi connectivity index (χ2v) is 8.49. The molecular formula is C26H32N2. The molecule has 0 aliphatic carbocycles. The van der Waals surface area contributed by atoms with Crippen molar-refractivity contribution in [2.75, 3.05) is 24.7 Å². The maximum Gasteiger partial charge on any atom is 0.0337 e. The Bertz CT molecular complexity index is 845. The Morgan fingerprint density at radius 1 is 0.500 bits per heavy atom. The highest BCUT2D eigenvalue weighted by Gasteiger charge is 2.27. The molecule has 0 heterocycles. The zero-order valence-electron chi connectivity index (χ0n) is 17.9. The molecule has 0 fully saturated rings. The highest BCUT2D eigenvalue weighted by molar-refractivity contribution is 5.51. The summed E-state index contributed by atoms with van der Waals surface area (Å²) in [6.45, 7) is 9.20. The molecule has 3 aromatic rings. The number of hydrogen-bond acceptors (Lipinski definition) is 2. The molecule has 0 saturated carbocycles. The number of hydrogen-bond donors (Lipinski definition) is 2. The molecule has 0 atom stereocenters. The summed E-state index contributed by atoms with van der Waals surface area (Å²) in [5, 5.41) is 6.39. The Balaban J connectivity index is 1.97. The molecule has 2 heteroatoms. The molecule has 0 aliphatic heterocycles. The van der Waals surface area contributed by atoms with Crippen LogP contribution in [0.3, 0.4) is 0 Å². The van der Waals surface area contributed by atoms with E-state index in [-0.39, 0.29) is 10.8 Å². The molecule has 0 aromatic heterocycles. The third kappa shape index (κ3) is 3.77. The molecule has 3 aromatic carbocycles. The van der Waals surface area contributed by atoms with Gasteiger partial charge in [-0.15, -0.1) is 0 Å². The van der Waals surface area contributed by atoms with Gasteiger partial charge >= 0.3 is 0 Å². The molecule has 146 valence electrons. The van der Waals surface area contributed by atoms with Crippen LogP contribution in [0.1, 0.15) is 49.9 Å². The van der Waals surface area contributed by atoms with Crippen molar-refractivity contribution in [3.63, 3.8) is 0 Å². The lowest BCUT2D eigenvalue weighted by Crippen LogP contribution is -2.23. The normalized spacial score (nSPS) is 11.9. The van der Waals surface area contributed by atoms with Crippen LogP contribution in [0.5, 0.6) is 0 Å². The molecule has 0 bridgehead atoms. The van der Waals surface area contributed by atoms with Crippen LogP contribution in [0.2, 0.25) is 0 Å². The predicted molar refractivity (Wildman–Crippen MR) is 123 cm³/mol. The molecule has 0 saturated heterocycles. The Morgan fingerprint density at radius 3 is 1.18 bits per heavy atom. The lowest BCUT2D eigenvalue weighted by molar-refractivity contribution is 0.617. The van der Waals surface area contributed by atoms with E-state index in [1.807, 2.05) is 14.1 Å². The monoisotopic (exact) mass is 372 g/mol. The van der Waals surface area contributed by atoms with Crippen LogP contribution in [0.25, 0.3) is 0 Å². The number of nitrogens with one attached hydrogen (secondary N) is 2. The SMILES string of the molecule is CNc1ccc(C(C)(C)c2cccc(C(C)(C)c3ccc(NC)cc3)c2)cc1. The molecule has 28 heavy (non-hydrogen) atoms. The van der Waals surface area contributed by atoms with Gasteiger partial charge in [-0.1, -0.05) is 76.2 Å². The van der Waals surface area contributed by atoms with E-state index in [0.717, 1.165) is 11.4 Å². The average Bonchev–Trinajstić information content (AvgIpc) is 2.74. The van der Waals surface area contributed by atoms with Crippen molar-refractivity contribution < 1.29 is 0 Å². The van der Waals surface area contributed by atoms with Crippen LogP contribution in [-0.2, 0) is 10.8 Å². The lowest BCUT2D eigenvalue weighted by atomic mass is 9.73. The fourth-order valence-electron chi connectivity index (χ4n) is 3.74. The van der Waals surface area contributed by atoms with Crippen molar-refractivity contribution in [3.8, 4) is 0 Å². The number of anilines is 2. The van der Waals surface area contributed by atoms with Crippen molar-refractivity contribution in [2.24, 2.45) is 0 Å². The van der Waals surface area contributed by atoms with Crippen molar-refractivity contribution in [1.29, 1.82) is 0 Å². The van der Waals surface area contributed by atoms with Crippen LogP contribution >= 0.6 is 0 Å². The summed E-state index contributed by atoms with van der Waals surface area (Å²) >= 11 is 0. The Labute approximate surface area is 170 Å². The van der Waals surface area contributed by atoms with Gasteiger partial charge in [-0.25, -0.2) is 0 Å². The molecule has 0 unspecified atom stereocenters. The van der Waals surface area contributed by atoms with Crippen molar-refractivity contribution in [2.45, 2.75) is 38.5 Å². The van der Waals surface area contributed by atoms with Crippen LogP contribution in [-0.4, -0.2) is 14.1 Å². The van der Waals surface area contributed by atoms with E-state index < -0.39 is 0 Å². The zero-order valence-corrected chi connectivity index (χ0v) is 17.9. The summed E-state index contributed by atoms with van der Waals surface area (Å²) in [5.74, 6) is 0. The quantitative estimate of drug-likeness (QED) is 0.521. The molecular weight excluding hydrogens is 340 g/mol. The van der Waals surface area contributed by atoms with E-state index >= 15 is 0 Å². The summed E-state index contributed by atoms with van der Waals surface area (Å²) in [6.07, 6.45) is 0. The minimum Gasteiger partial charge on any atom is -0.388 e. The lowest BCUT2D eigenvalue weighted by Gasteiger charge is -2.31. The minimum atomic E-state index is -0.0612. The number of benzene rings is 3. The van der Waals surface area contributed by atoms with Gasteiger partial charge in [-0.2, -0.15) is 0 Å². The molecule has 2 nitrogen and oxygen atoms in total. The van der Waals surface area contributed by atoms with Crippen LogP contribution in [0, 0.1) is 0 Å². The van der Waals surface area contributed by atoms with Crippen LogP contribution in [0.4, 0.5) is 11.4 Å². The van der Waals surface area contributed by atoms with Gasteiger partial charge in [-0.3, -0.25) is 0 Å². The summed E-state index contributed by atoms with van der Waals surface area (Å²) in [4.78, 5) is 0. The van der Waals surface area contributed by atoms with E-state index in [1.54, 1.807) is 0 Å². The van der Waals surface area contributed by atoms with E-state index in [2.05, 4.69) is 111 Å². The van der Waals surface area contributed by atoms with Gasteiger partial charge in [0.15, 0.2) is 0 Å². The number of rotatable bonds is 6. The minimum absolute atomic E-state index is 0.0612. The first-order valence-electron chi connectivity index (χ1n) is 9.96. The standard InChI is InChI=1S/C26H32N2/c1-25(2,19-10-14-23(27-5)15-11-19)21-8-7-9-22(18-21)26(3,4)20-12-16-24(28-6)17-13-20/h7-18,27-28H,1-6H3. The molecule has 0 spiro atoms. The average molecular weight is 373 g/mol. The van der Waals surface area contributed by atoms with Crippen molar-refractivity contribution in [1.82, 2.24) is 0 Å². The van der Waals surface area contributed by atoms with Gasteiger partial charge in [0.25, 0.3) is 0 Å². The second-order valence-electron chi connectivity index (χ2n) is 8.49. The molecule has 0 amide bonds. The zero-order chi connectivity index (χ0) is 20.4. The van der Waals surface area contributed by atoms with E-state index in [0.29, 0.717) is 0 Å². The maximum atomic E-state index is 3.20. The Kier molecular flexibility index (Phi) is 5.51. The van der Waals surface area contributed by atoms with Gasteiger partial charge in [0.2, 0.25) is 0 Å². The van der Waals surface area contributed by atoms with Gasteiger partial charge in [-0.05, 0) is 46.5 Å². The fourth-order valence-corrected chi connectivity index (χ4v) is 3.74. The Hall–Kier alpha value is -2.74. The third-order valence-corrected chi connectivity index (χ3v) is 6.10. The Morgan fingerprint density at radius 2 is 0.857 bits per heavy atom. The van der Waals surface area contributed by atoms with E-state index in [9.17, 15) is 0 Å². The van der Waals surface area contributed by atoms with Crippen LogP contribution in [0.15, 0.2) is 72.8 Å². The molecule has 0 aliphatic rings. The molecule has 2 N–H and O–H groups in total. The molecule has 3 rings (SSSR count). The van der Waals surface area contributed by atoms with E-state index in [1.165, 1.54) is 22.3 Å². The second kappa shape index (κ2) is 7.71. The van der Waals surface area contributed by atoms with Gasteiger partial charge in [0.05, 0.1) is 0 Å². The van der Waals surface area contributed by atoms with E-state index in [4.69, 9.17) is 0 Å². The summed E-state index contributed by atoms with van der Waals surface area (Å²) in [6, 6.07) is 26.5. The van der Waals surface area contributed by atoms with Gasteiger partial charge < -0.3 is 10.6 Å². The predicted octanol–water partition coefficient (Wildman–Crippen LogP) is 6.42. The summed E-state index contributed by atoms with van der Waals surface area (Å²) < 4.78 is 0. The first-order chi connectivity index (χ1) is 13.3. The van der Waals surface area contributed by atoms with Crippen molar-refractivity contribution in [3.05, 3.63) is 95.1 Å². The molecule has 0 radical (unpaired) electrons. The first-order valence-corrected chi connectivity index (χ1v) is 9.96. The van der Waals surface area contributed by atoms with Crippen molar-refractivity contribution >= 4 is 11.4 Å². The first kappa shape index (κ1) is 20.0. The maximum absolute atomic E-state index is 3.20. The highest BCUT2D eigenvalue weighted by Crippen LogP contribution is 2.37. The van der Waals surface area contributed by atoms with Gasteiger partial charge in [0.1, 0.15) is 0 Å². The third-order valence-electron chi connectivity index (χ3n) is 6.10. The topological polar surface area (TPSA) is 24.1 Å². The summed E-state index contributed by atoms with van der Waals surface area (Å²) in [7, 11) is 3.91.